The predicted octanol–water partition coefficient (Wildman–Crippen LogP) is 3.72. The van der Waals surface area contributed by atoms with Crippen LogP contribution < -0.4 is 4.74 Å². The van der Waals surface area contributed by atoms with Gasteiger partial charge in [-0.3, -0.25) is 0 Å². The normalized spacial score (nSPS) is 26.1. The van der Waals surface area contributed by atoms with Gasteiger partial charge in [0.2, 0.25) is 0 Å². The van der Waals surface area contributed by atoms with E-state index in [0.29, 0.717) is 18.1 Å². The van der Waals surface area contributed by atoms with E-state index in [0.717, 1.165) is 30.8 Å². The number of benzene rings is 1. The average molecular weight is 320 g/mol. The van der Waals surface area contributed by atoms with Crippen LogP contribution in [0.15, 0.2) is 36.7 Å². The van der Waals surface area contributed by atoms with Crippen molar-refractivity contribution in [2.24, 2.45) is 5.92 Å². The molecule has 2 aromatic rings. The molecule has 2 fully saturated rings. The molecule has 3 heterocycles. The van der Waals surface area contributed by atoms with E-state index in [1.54, 1.807) is 30.5 Å². The van der Waals surface area contributed by atoms with Gasteiger partial charge in [0.1, 0.15) is 11.6 Å². The van der Waals surface area contributed by atoms with Crippen molar-refractivity contribution < 1.29 is 18.3 Å². The Bertz CT molecular complexity index is 671. The number of rotatable bonds is 5. The number of nitrogens with zero attached hydrogens (tertiary/aromatic N) is 2. The molecule has 1 aromatic heterocycles. The van der Waals surface area contributed by atoms with Crippen molar-refractivity contribution in [3.63, 3.8) is 0 Å². The van der Waals surface area contributed by atoms with E-state index in [4.69, 9.17) is 4.74 Å². The third kappa shape index (κ3) is 2.95. The minimum Gasteiger partial charge on any atom is -0.435 e. The molecular formula is C17H18F2N2O2. The van der Waals surface area contributed by atoms with E-state index in [1.165, 1.54) is 6.42 Å². The first-order valence-electron chi connectivity index (χ1n) is 7.91. The maximum absolute atomic E-state index is 12.2. The van der Waals surface area contributed by atoms with Gasteiger partial charge in [-0.15, -0.1) is 0 Å². The van der Waals surface area contributed by atoms with Crippen molar-refractivity contribution in [3.8, 4) is 17.1 Å². The molecule has 3 atom stereocenters. The van der Waals surface area contributed by atoms with E-state index in [-0.39, 0.29) is 5.75 Å². The molecule has 0 aliphatic carbocycles. The van der Waals surface area contributed by atoms with Crippen molar-refractivity contribution in [3.05, 3.63) is 36.7 Å². The number of hydrogen-bond donors (Lipinski definition) is 0. The Labute approximate surface area is 133 Å². The monoisotopic (exact) mass is 320 g/mol. The lowest BCUT2D eigenvalue weighted by Crippen LogP contribution is -2.21. The molecule has 4 rings (SSSR count). The molecule has 0 radical (unpaired) electrons. The number of aromatic nitrogens is 2. The molecule has 0 spiro atoms. The zero-order valence-electron chi connectivity index (χ0n) is 12.6. The average Bonchev–Trinajstić information content (AvgIpc) is 3.24. The molecule has 1 aromatic carbocycles. The molecule has 2 aliphatic rings. The largest absolute Gasteiger partial charge is 0.435 e. The highest BCUT2D eigenvalue weighted by Gasteiger charge is 2.40. The highest BCUT2D eigenvalue weighted by molar-refractivity contribution is 5.56. The lowest BCUT2D eigenvalue weighted by molar-refractivity contribution is -0.0498. The highest BCUT2D eigenvalue weighted by atomic mass is 19.3. The second kappa shape index (κ2) is 5.92. The molecule has 2 saturated heterocycles. The minimum absolute atomic E-state index is 0.156. The van der Waals surface area contributed by atoms with Gasteiger partial charge in [-0.05, 0) is 43.5 Å². The van der Waals surface area contributed by atoms with E-state index >= 15 is 0 Å². The zero-order chi connectivity index (χ0) is 15.8. The second-order valence-corrected chi connectivity index (χ2v) is 6.18. The van der Waals surface area contributed by atoms with Crippen molar-refractivity contribution in [1.82, 2.24) is 9.55 Å². The Kier molecular flexibility index (Phi) is 3.77. The molecule has 2 aliphatic heterocycles. The molecule has 122 valence electrons. The van der Waals surface area contributed by atoms with Crippen molar-refractivity contribution in [2.45, 2.75) is 44.6 Å². The van der Waals surface area contributed by atoms with Crippen LogP contribution in [0.25, 0.3) is 11.4 Å². The SMILES string of the molecule is FC(F)Oc1ccc(-c2nccn2C[C@@H]2C[C@@H]3CC[C@H]2O3)cc1. The number of imidazole rings is 1. The summed E-state index contributed by atoms with van der Waals surface area (Å²) >= 11 is 0. The number of halogens is 2. The maximum Gasteiger partial charge on any atom is 0.387 e. The fourth-order valence-electron chi connectivity index (χ4n) is 3.69. The molecule has 0 unspecified atom stereocenters. The quantitative estimate of drug-likeness (QED) is 0.842. The van der Waals surface area contributed by atoms with Gasteiger partial charge in [-0.25, -0.2) is 4.98 Å². The van der Waals surface area contributed by atoms with Crippen LogP contribution in [0.5, 0.6) is 5.75 Å². The van der Waals surface area contributed by atoms with Gasteiger partial charge in [-0.2, -0.15) is 8.78 Å². The summed E-state index contributed by atoms with van der Waals surface area (Å²) < 4.78 is 36.8. The minimum atomic E-state index is -2.80. The Hall–Kier alpha value is -1.95. The van der Waals surface area contributed by atoms with Crippen molar-refractivity contribution in [1.29, 1.82) is 0 Å². The molecular weight excluding hydrogens is 302 g/mol. The lowest BCUT2D eigenvalue weighted by Gasteiger charge is -2.20. The number of hydrogen-bond acceptors (Lipinski definition) is 3. The summed E-state index contributed by atoms with van der Waals surface area (Å²) in [6, 6.07) is 6.60. The van der Waals surface area contributed by atoms with Crippen LogP contribution in [-0.4, -0.2) is 28.4 Å². The smallest absolute Gasteiger partial charge is 0.387 e. The van der Waals surface area contributed by atoms with Crippen molar-refractivity contribution >= 4 is 0 Å². The molecule has 0 amide bonds. The van der Waals surface area contributed by atoms with E-state index in [9.17, 15) is 8.78 Å². The standard InChI is InChI=1S/C17H18F2N2O2/c18-17(19)23-13-3-1-11(2-4-13)16-20-7-8-21(16)10-12-9-14-5-6-15(12)22-14/h1-4,7-8,12,14-15,17H,5-6,9-10H2/t12-,14-,15+/m0/s1. The third-order valence-corrected chi connectivity index (χ3v) is 4.72. The zero-order valence-corrected chi connectivity index (χ0v) is 12.6. The molecule has 2 bridgehead atoms. The fraction of sp³-hybridized carbons (Fsp3) is 0.471. The predicted molar refractivity (Wildman–Crippen MR) is 80.3 cm³/mol. The summed E-state index contributed by atoms with van der Waals surface area (Å²) in [5, 5.41) is 0. The number of ether oxygens (including phenoxy) is 2. The van der Waals surface area contributed by atoms with Gasteiger partial charge >= 0.3 is 6.61 Å². The van der Waals surface area contributed by atoms with Gasteiger partial charge < -0.3 is 14.0 Å². The van der Waals surface area contributed by atoms with Crippen LogP contribution in [0.2, 0.25) is 0 Å². The van der Waals surface area contributed by atoms with Crippen LogP contribution in [0, 0.1) is 5.92 Å². The molecule has 0 saturated carbocycles. The van der Waals surface area contributed by atoms with Crippen molar-refractivity contribution in [2.75, 3.05) is 0 Å². The Balaban J connectivity index is 1.50. The topological polar surface area (TPSA) is 36.3 Å². The van der Waals surface area contributed by atoms with Crippen LogP contribution in [0.4, 0.5) is 8.78 Å². The summed E-state index contributed by atoms with van der Waals surface area (Å²) in [5.41, 5.74) is 0.890. The summed E-state index contributed by atoms with van der Waals surface area (Å²) in [4.78, 5) is 4.41. The van der Waals surface area contributed by atoms with Gasteiger partial charge in [0, 0.05) is 30.4 Å². The summed E-state index contributed by atoms with van der Waals surface area (Å²) in [5.74, 6) is 1.53. The second-order valence-electron chi connectivity index (χ2n) is 6.18. The highest BCUT2D eigenvalue weighted by Crippen LogP contribution is 2.40. The number of fused-ring (bicyclic) bond motifs is 2. The first kappa shape index (κ1) is 14.6. The molecule has 0 N–H and O–H groups in total. The van der Waals surface area contributed by atoms with Crippen LogP contribution in [-0.2, 0) is 11.3 Å². The van der Waals surface area contributed by atoms with Gasteiger partial charge in [-0.1, -0.05) is 0 Å². The lowest BCUT2D eigenvalue weighted by atomic mass is 9.89. The van der Waals surface area contributed by atoms with E-state index < -0.39 is 6.61 Å². The molecule has 6 heteroatoms. The Morgan fingerprint density at radius 3 is 2.74 bits per heavy atom. The Morgan fingerprint density at radius 2 is 2.09 bits per heavy atom. The summed E-state index contributed by atoms with van der Waals surface area (Å²) in [7, 11) is 0. The molecule has 23 heavy (non-hydrogen) atoms. The number of alkyl halides is 2. The van der Waals surface area contributed by atoms with Crippen LogP contribution >= 0.6 is 0 Å². The molecule has 4 nitrogen and oxygen atoms in total. The first-order valence-corrected chi connectivity index (χ1v) is 7.91. The summed E-state index contributed by atoms with van der Waals surface area (Å²) in [6.07, 6.45) is 7.99. The van der Waals surface area contributed by atoms with Gasteiger partial charge in [0.05, 0.1) is 12.2 Å². The third-order valence-electron chi connectivity index (χ3n) is 4.72. The summed E-state index contributed by atoms with van der Waals surface area (Å²) in [6.45, 7) is -1.92. The first-order chi connectivity index (χ1) is 11.2. The fourth-order valence-corrected chi connectivity index (χ4v) is 3.69. The van der Waals surface area contributed by atoms with E-state index in [1.807, 2.05) is 6.20 Å². The van der Waals surface area contributed by atoms with Crippen LogP contribution in [0.3, 0.4) is 0 Å². The van der Waals surface area contributed by atoms with Crippen LogP contribution in [0.1, 0.15) is 19.3 Å². The maximum atomic E-state index is 12.2. The van der Waals surface area contributed by atoms with E-state index in [2.05, 4.69) is 14.3 Å². The van der Waals surface area contributed by atoms with Gasteiger partial charge in [0.15, 0.2) is 0 Å². The Morgan fingerprint density at radius 1 is 1.26 bits per heavy atom. The van der Waals surface area contributed by atoms with Gasteiger partial charge in [0.25, 0.3) is 0 Å².